The number of aryl methyl sites for hydroxylation is 1. The smallest absolute Gasteiger partial charge is 0.258 e. The van der Waals surface area contributed by atoms with Crippen LogP contribution in [0.1, 0.15) is 36.8 Å². The number of piperazine rings is 1. The van der Waals surface area contributed by atoms with Crippen molar-refractivity contribution < 1.29 is 9.59 Å². The van der Waals surface area contributed by atoms with E-state index in [9.17, 15) is 9.59 Å². The minimum absolute atomic E-state index is 0.0273. The first-order valence-electron chi connectivity index (χ1n) is 7.01. The van der Waals surface area contributed by atoms with Crippen molar-refractivity contribution in [2.75, 3.05) is 19.6 Å². The van der Waals surface area contributed by atoms with Gasteiger partial charge < -0.3 is 9.80 Å². The average molecular weight is 278 g/mol. The number of hydrogen-bond donors (Lipinski definition) is 1. The third kappa shape index (κ3) is 2.69. The van der Waals surface area contributed by atoms with Gasteiger partial charge in [0.25, 0.3) is 5.91 Å². The predicted octanol–water partition coefficient (Wildman–Crippen LogP) is 1.05. The van der Waals surface area contributed by atoms with Crippen LogP contribution in [0, 0.1) is 12.8 Å². The van der Waals surface area contributed by atoms with Crippen molar-refractivity contribution in [2.24, 2.45) is 5.92 Å². The van der Waals surface area contributed by atoms with Crippen molar-refractivity contribution in [3.8, 4) is 0 Å². The Bertz CT molecular complexity index is 509. The second kappa shape index (κ2) is 5.64. The van der Waals surface area contributed by atoms with Crippen LogP contribution in [-0.4, -0.2) is 57.5 Å². The average Bonchev–Trinajstić information content (AvgIpc) is 2.80. The summed E-state index contributed by atoms with van der Waals surface area (Å²) in [4.78, 5) is 28.3. The van der Waals surface area contributed by atoms with Crippen LogP contribution in [0.15, 0.2) is 6.20 Å². The summed E-state index contributed by atoms with van der Waals surface area (Å²) in [7, 11) is 0. The Morgan fingerprint density at radius 1 is 1.50 bits per heavy atom. The fraction of sp³-hybridized carbons (Fsp3) is 0.643. The lowest BCUT2D eigenvalue weighted by molar-refractivity contribution is -0.140. The van der Waals surface area contributed by atoms with Gasteiger partial charge in [-0.1, -0.05) is 13.8 Å². The SMILES string of the molecule is Cc1[nH]ncc1C(=O)N1CCN(CC(C)C)C(=O)C1C. The molecule has 0 aliphatic carbocycles. The van der Waals surface area contributed by atoms with Gasteiger partial charge in [-0.2, -0.15) is 5.10 Å². The van der Waals surface area contributed by atoms with Gasteiger partial charge in [0, 0.05) is 25.3 Å². The lowest BCUT2D eigenvalue weighted by Gasteiger charge is -2.39. The van der Waals surface area contributed by atoms with Gasteiger partial charge >= 0.3 is 0 Å². The van der Waals surface area contributed by atoms with E-state index in [1.54, 1.807) is 11.8 Å². The van der Waals surface area contributed by atoms with Gasteiger partial charge in [-0.3, -0.25) is 14.7 Å². The minimum Gasteiger partial charge on any atom is -0.339 e. The molecule has 0 radical (unpaired) electrons. The van der Waals surface area contributed by atoms with Crippen molar-refractivity contribution in [1.29, 1.82) is 0 Å². The topological polar surface area (TPSA) is 69.3 Å². The third-order valence-electron chi connectivity index (χ3n) is 3.65. The molecule has 1 aliphatic rings. The van der Waals surface area contributed by atoms with Crippen molar-refractivity contribution in [3.05, 3.63) is 17.5 Å². The molecule has 2 heterocycles. The number of nitrogens with one attached hydrogen (secondary N) is 1. The van der Waals surface area contributed by atoms with Gasteiger partial charge in [-0.25, -0.2) is 0 Å². The number of carbonyl (C=O) groups excluding carboxylic acids is 2. The van der Waals surface area contributed by atoms with Gasteiger partial charge in [0.15, 0.2) is 0 Å². The molecule has 1 atom stereocenters. The van der Waals surface area contributed by atoms with Gasteiger partial charge in [0.2, 0.25) is 5.91 Å². The third-order valence-corrected chi connectivity index (χ3v) is 3.65. The summed E-state index contributed by atoms with van der Waals surface area (Å²) >= 11 is 0. The van der Waals surface area contributed by atoms with Crippen molar-refractivity contribution >= 4 is 11.8 Å². The maximum absolute atomic E-state index is 12.5. The predicted molar refractivity (Wildman–Crippen MR) is 75.2 cm³/mol. The number of rotatable bonds is 3. The standard InChI is InChI=1S/C14H22N4O2/c1-9(2)8-17-5-6-18(11(4)13(17)19)14(20)12-7-15-16-10(12)3/h7,9,11H,5-6,8H2,1-4H3,(H,15,16). The molecule has 6 nitrogen and oxygen atoms in total. The van der Waals surface area contributed by atoms with E-state index < -0.39 is 6.04 Å². The van der Waals surface area contributed by atoms with Crippen molar-refractivity contribution in [2.45, 2.75) is 33.7 Å². The summed E-state index contributed by atoms with van der Waals surface area (Å²) in [5, 5.41) is 6.62. The second-order valence-electron chi connectivity index (χ2n) is 5.76. The second-order valence-corrected chi connectivity index (χ2v) is 5.76. The molecule has 1 unspecified atom stereocenters. The molecule has 110 valence electrons. The van der Waals surface area contributed by atoms with Crippen molar-refractivity contribution in [1.82, 2.24) is 20.0 Å². The summed E-state index contributed by atoms with van der Waals surface area (Å²) in [6.45, 7) is 9.70. The van der Waals surface area contributed by atoms with Gasteiger partial charge in [-0.15, -0.1) is 0 Å². The van der Waals surface area contributed by atoms with E-state index in [0.29, 0.717) is 24.6 Å². The first-order valence-corrected chi connectivity index (χ1v) is 7.01. The van der Waals surface area contributed by atoms with Gasteiger partial charge in [-0.05, 0) is 19.8 Å². The molecule has 0 bridgehead atoms. The van der Waals surface area contributed by atoms with E-state index in [2.05, 4.69) is 24.0 Å². The van der Waals surface area contributed by atoms with Crippen LogP contribution in [0.25, 0.3) is 0 Å². The van der Waals surface area contributed by atoms with Crippen molar-refractivity contribution in [3.63, 3.8) is 0 Å². The Kier molecular flexibility index (Phi) is 4.11. The van der Waals surface area contributed by atoms with Gasteiger partial charge in [0.05, 0.1) is 11.8 Å². The van der Waals surface area contributed by atoms with Crippen LogP contribution in [-0.2, 0) is 4.79 Å². The molecule has 1 N–H and O–H groups in total. The van der Waals surface area contributed by atoms with Crippen LogP contribution in [0.3, 0.4) is 0 Å². The molecule has 0 aromatic carbocycles. The van der Waals surface area contributed by atoms with E-state index in [1.807, 2.05) is 11.8 Å². The molecule has 2 amide bonds. The molecule has 1 fully saturated rings. The van der Waals surface area contributed by atoms with E-state index >= 15 is 0 Å². The highest BCUT2D eigenvalue weighted by molar-refractivity contribution is 5.98. The summed E-state index contributed by atoms with van der Waals surface area (Å²) in [5.74, 6) is 0.338. The number of aromatic nitrogens is 2. The molecule has 1 aromatic heterocycles. The van der Waals surface area contributed by atoms with Crippen LogP contribution >= 0.6 is 0 Å². The summed E-state index contributed by atoms with van der Waals surface area (Å²) < 4.78 is 0. The Labute approximate surface area is 119 Å². The molecular weight excluding hydrogens is 256 g/mol. The number of carbonyl (C=O) groups is 2. The van der Waals surface area contributed by atoms with E-state index in [-0.39, 0.29) is 11.8 Å². The minimum atomic E-state index is -0.413. The number of H-pyrrole nitrogens is 1. The van der Waals surface area contributed by atoms with E-state index in [1.165, 1.54) is 6.20 Å². The lowest BCUT2D eigenvalue weighted by Crippen LogP contribution is -2.58. The zero-order valence-corrected chi connectivity index (χ0v) is 12.5. The maximum atomic E-state index is 12.5. The van der Waals surface area contributed by atoms with Crippen LogP contribution < -0.4 is 0 Å². The number of nitrogens with zero attached hydrogens (tertiary/aromatic N) is 3. The molecule has 0 spiro atoms. The molecule has 0 saturated carbocycles. The Morgan fingerprint density at radius 2 is 2.20 bits per heavy atom. The van der Waals surface area contributed by atoms with Crippen LogP contribution in [0.5, 0.6) is 0 Å². The maximum Gasteiger partial charge on any atom is 0.258 e. The Hall–Kier alpha value is -1.85. The molecular formula is C14H22N4O2. The highest BCUT2D eigenvalue weighted by atomic mass is 16.2. The Morgan fingerprint density at radius 3 is 2.75 bits per heavy atom. The molecule has 20 heavy (non-hydrogen) atoms. The van der Waals surface area contributed by atoms with Crippen LogP contribution in [0.2, 0.25) is 0 Å². The van der Waals surface area contributed by atoms with Gasteiger partial charge in [0.1, 0.15) is 6.04 Å². The lowest BCUT2D eigenvalue weighted by atomic mass is 10.1. The normalized spacial score (nSPS) is 19.9. The monoisotopic (exact) mass is 278 g/mol. The number of hydrogen-bond acceptors (Lipinski definition) is 3. The molecule has 2 rings (SSSR count). The first kappa shape index (κ1) is 14.6. The largest absolute Gasteiger partial charge is 0.339 e. The summed E-state index contributed by atoms with van der Waals surface area (Å²) in [6.07, 6.45) is 1.52. The molecule has 1 saturated heterocycles. The molecule has 1 aromatic rings. The first-order chi connectivity index (χ1) is 9.41. The summed E-state index contributed by atoms with van der Waals surface area (Å²) in [6, 6.07) is -0.413. The molecule has 6 heteroatoms. The fourth-order valence-corrected chi connectivity index (χ4v) is 2.55. The highest BCUT2D eigenvalue weighted by Gasteiger charge is 2.35. The van der Waals surface area contributed by atoms with E-state index in [0.717, 1.165) is 12.2 Å². The zero-order chi connectivity index (χ0) is 14.9. The summed E-state index contributed by atoms with van der Waals surface area (Å²) in [5.41, 5.74) is 1.28. The highest BCUT2D eigenvalue weighted by Crippen LogP contribution is 2.17. The quantitative estimate of drug-likeness (QED) is 0.898. The number of amides is 2. The fourth-order valence-electron chi connectivity index (χ4n) is 2.55. The Balaban J connectivity index is 2.11. The van der Waals surface area contributed by atoms with E-state index in [4.69, 9.17) is 0 Å². The molecule has 1 aliphatic heterocycles. The number of aromatic amines is 1. The van der Waals surface area contributed by atoms with Crippen LogP contribution in [0.4, 0.5) is 0 Å². The zero-order valence-electron chi connectivity index (χ0n) is 12.5.